The highest BCUT2D eigenvalue weighted by molar-refractivity contribution is 5.79. The second kappa shape index (κ2) is 11.9. The van der Waals surface area contributed by atoms with Crippen LogP contribution in [0.1, 0.15) is 55.8 Å². The maximum absolute atomic E-state index is 13.5. The van der Waals surface area contributed by atoms with E-state index in [4.69, 9.17) is 9.47 Å². The Bertz CT molecular complexity index is 1150. The first kappa shape index (κ1) is 26.9. The zero-order valence-corrected chi connectivity index (χ0v) is 22.3. The Balaban J connectivity index is 1.55. The summed E-state index contributed by atoms with van der Waals surface area (Å²) in [4.78, 5) is 13.5. The minimum atomic E-state index is -0.991. The summed E-state index contributed by atoms with van der Waals surface area (Å²) in [5.41, 5.74) is 2.70. The van der Waals surface area contributed by atoms with Crippen molar-refractivity contribution in [3.8, 4) is 11.6 Å². The van der Waals surface area contributed by atoms with Crippen molar-refractivity contribution in [1.29, 1.82) is 0 Å². The lowest BCUT2D eigenvalue weighted by Gasteiger charge is -2.21. The minimum absolute atomic E-state index is 0.0347. The van der Waals surface area contributed by atoms with E-state index >= 15 is 0 Å². The summed E-state index contributed by atoms with van der Waals surface area (Å²) in [7, 11) is 1.74. The molecule has 1 amide bonds. The average Bonchev–Trinajstić information content (AvgIpc) is 3.42. The molecule has 1 aliphatic carbocycles. The van der Waals surface area contributed by atoms with E-state index in [1.54, 1.807) is 25.6 Å². The van der Waals surface area contributed by atoms with Crippen LogP contribution < -0.4 is 10.1 Å². The van der Waals surface area contributed by atoms with Gasteiger partial charge >= 0.3 is 0 Å². The van der Waals surface area contributed by atoms with Crippen molar-refractivity contribution in [1.82, 2.24) is 15.1 Å². The maximum Gasteiger partial charge on any atom is 0.236 e. The van der Waals surface area contributed by atoms with Crippen LogP contribution in [0.2, 0.25) is 0 Å². The molecule has 1 heterocycles. The van der Waals surface area contributed by atoms with Crippen LogP contribution in [0.15, 0.2) is 60.7 Å². The number of benzene rings is 2. The zero-order valence-electron chi connectivity index (χ0n) is 22.3. The molecule has 1 fully saturated rings. The van der Waals surface area contributed by atoms with E-state index < -0.39 is 5.60 Å². The molecule has 0 spiro atoms. The number of para-hydroxylation sites is 1. The van der Waals surface area contributed by atoms with Crippen LogP contribution in [0.4, 0.5) is 0 Å². The van der Waals surface area contributed by atoms with Crippen molar-refractivity contribution in [3.05, 3.63) is 77.5 Å². The van der Waals surface area contributed by atoms with E-state index in [2.05, 4.69) is 34.7 Å². The lowest BCUT2D eigenvalue weighted by Crippen LogP contribution is -2.38. The quantitative estimate of drug-likeness (QED) is 0.398. The minimum Gasteiger partial charge on any atom is -0.473 e. The van der Waals surface area contributed by atoms with Gasteiger partial charge in [-0.2, -0.15) is 0 Å². The van der Waals surface area contributed by atoms with Gasteiger partial charge < -0.3 is 19.9 Å². The van der Waals surface area contributed by atoms with Crippen molar-refractivity contribution >= 4 is 5.91 Å². The predicted octanol–water partition coefficient (Wildman–Crippen LogP) is 4.59. The number of nitrogens with zero attached hydrogens (tertiary/aromatic N) is 2. The monoisotopic (exact) mass is 505 g/mol. The lowest BCUT2D eigenvalue weighted by molar-refractivity contribution is -0.121. The number of hydrogen-bond donors (Lipinski definition) is 2. The molecule has 3 atom stereocenters. The van der Waals surface area contributed by atoms with Gasteiger partial charge in [0, 0.05) is 31.2 Å². The third-order valence-electron chi connectivity index (χ3n) is 7.06. The fourth-order valence-corrected chi connectivity index (χ4v) is 5.18. The van der Waals surface area contributed by atoms with Crippen LogP contribution in [0.25, 0.3) is 5.69 Å². The van der Waals surface area contributed by atoms with Crippen molar-refractivity contribution in [3.63, 3.8) is 0 Å². The molecular weight excluding hydrogens is 466 g/mol. The zero-order chi connectivity index (χ0) is 26.4. The summed E-state index contributed by atoms with van der Waals surface area (Å²) in [6.45, 7) is 6.13. The molecule has 7 nitrogen and oxygen atoms in total. The molecule has 4 rings (SSSR count). The second-order valence-electron chi connectivity index (χ2n) is 10.7. The molecule has 7 heteroatoms. The Morgan fingerprint density at radius 1 is 1.11 bits per heavy atom. The second-order valence-corrected chi connectivity index (χ2v) is 10.7. The smallest absolute Gasteiger partial charge is 0.236 e. The highest BCUT2D eigenvalue weighted by Crippen LogP contribution is 2.40. The summed E-state index contributed by atoms with van der Waals surface area (Å²) < 4.78 is 13.0. The molecular formula is C30H39N3O4. The first-order valence-corrected chi connectivity index (χ1v) is 13.1. The van der Waals surface area contributed by atoms with E-state index in [0.717, 1.165) is 42.8 Å². The molecule has 198 valence electrons. The SMILES string of the molecule is COCCC1C[C@@H](NC(=O)Cc2c(C)c(OCC(C)(C)O)nn2-c2ccccc2)[C@H](c2ccccc2)C1. The highest BCUT2D eigenvalue weighted by atomic mass is 16.5. The molecule has 1 aromatic heterocycles. The van der Waals surface area contributed by atoms with E-state index in [9.17, 15) is 9.90 Å². The van der Waals surface area contributed by atoms with Crippen LogP contribution in [0.3, 0.4) is 0 Å². The number of aliphatic hydroxyl groups is 1. The molecule has 0 radical (unpaired) electrons. The van der Waals surface area contributed by atoms with Crippen LogP contribution in [0, 0.1) is 12.8 Å². The number of aromatic nitrogens is 2. The van der Waals surface area contributed by atoms with Crippen LogP contribution in [-0.4, -0.2) is 52.8 Å². The van der Waals surface area contributed by atoms with Gasteiger partial charge in [0.2, 0.25) is 11.8 Å². The Kier molecular flexibility index (Phi) is 8.67. The van der Waals surface area contributed by atoms with Gasteiger partial charge in [0.15, 0.2) is 0 Å². The Morgan fingerprint density at radius 2 is 1.78 bits per heavy atom. The number of methoxy groups -OCH3 is 1. The number of ether oxygens (including phenoxy) is 2. The first-order chi connectivity index (χ1) is 17.7. The van der Waals surface area contributed by atoms with Crippen LogP contribution in [-0.2, 0) is 16.0 Å². The number of nitrogens with one attached hydrogen (secondary N) is 1. The molecule has 2 aromatic carbocycles. The van der Waals surface area contributed by atoms with Crippen LogP contribution in [0.5, 0.6) is 5.88 Å². The Morgan fingerprint density at radius 3 is 2.43 bits per heavy atom. The van der Waals surface area contributed by atoms with Gasteiger partial charge in [-0.3, -0.25) is 4.79 Å². The molecule has 1 saturated carbocycles. The summed E-state index contributed by atoms with van der Waals surface area (Å²) >= 11 is 0. The largest absolute Gasteiger partial charge is 0.473 e. The normalized spacial score (nSPS) is 19.6. The number of carbonyl (C=O) groups excluding carboxylic acids is 1. The Hall–Kier alpha value is -3.16. The van der Waals surface area contributed by atoms with Gasteiger partial charge in [-0.25, -0.2) is 4.68 Å². The van der Waals surface area contributed by atoms with Crippen molar-refractivity contribution in [2.24, 2.45) is 5.92 Å². The number of carbonyl (C=O) groups is 1. The van der Waals surface area contributed by atoms with Gasteiger partial charge in [0.25, 0.3) is 0 Å². The number of hydrogen-bond acceptors (Lipinski definition) is 5. The van der Waals surface area contributed by atoms with Gasteiger partial charge in [0.05, 0.1) is 23.4 Å². The van der Waals surface area contributed by atoms with Gasteiger partial charge in [-0.15, -0.1) is 5.10 Å². The van der Waals surface area contributed by atoms with Crippen molar-refractivity contribution in [2.75, 3.05) is 20.3 Å². The van der Waals surface area contributed by atoms with E-state index in [0.29, 0.717) is 11.8 Å². The van der Waals surface area contributed by atoms with Crippen molar-refractivity contribution < 1.29 is 19.4 Å². The summed E-state index contributed by atoms with van der Waals surface area (Å²) in [5.74, 6) is 1.18. The molecule has 0 saturated heterocycles. The molecule has 3 aromatic rings. The fourth-order valence-electron chi connectivity index (χ4n) is 5.18. The van der Waals surface area contributed by atoms with Gasteiger partial charge in [-0.05, 0) is 63.6 Å². The summed E-state index contributed by atoms with van der Waals surface area (Å²) in [6.07, 6.45) is 3.15. The average molecular weight is 506 g/mol. The predicted molar refractivity (Wildman–Crippen MR) is 144 cm³/mol. The third-order valence-corrected chi connectivity index (χ3v) is 7.06. The number of rotatable bonds is 11. The van der Waals surface area contributed by atoms with Gasteiger partial charge in [0.1, 0.15) is 6.61 Å². The fraction of sp³-hybridized carbons (Fsp3) is 0.467. The van der Waals surface area contributed by atoms with E-state index in [-0.39, 0.29) is 30.9 Å². The maximum atomic E-state index is 13.5. The third kappa shape index (κ3) is 6.99. The lowest BCUT2D eigenvalue weighted by atomic mass is 9.93. The van der Waals surface area contributed by atoms with E-state index in [1.807, 2.05) is 43.3 Å². The number of amides is 1. The molecule has 0 bridgehead atoms. The molecule has 37 heavy (non-hydrogen) atoms. The molecule has 2 N–H and O–H groups in total. The van der Waals surface area contributed by atoms with Crippen LogP contribution >= 0.6 is 0 Å². The summed E-state index contributed by atoms with van der Waals surface area (Å²) in [6, 6.07) is 20.3. The first-order valence-electron chi connectivity index (χ1n) is 13.1. The topological polar surface area (TPSA) is 85.6 Å². The highest BCUT2D eigenvalue weighted by Gasteiger charge is 2.36. The molecule has 0 aliphatic heterocycles. The standard InChI is InChI=1S/C30H39N3O4/c1-21-27(33(24-13-9-6-10-14-24)32-29(21)37-20-30(2,3)35)19-28(34)31-26-18-22(15-16-36-4)17-25(26)23-11-7-5-8-12-23/h5-14,22,25-26,35H,15-20H2,1-4H3,(H,31,34)/t22?,25-,26+/m0/s1. The van der Waals surface area contributed by atoms with E-state index in [1.165, 1.54) is 5.56 Å². The van der Waals surface area contributed by atoms with Gasteiger partial charge in [-0.1, -0.05) is 48.5 Å². The summed E-state index contributed by atoms with van der Waals surface area (Å²) in [5, 5.41) is 18.1. The molecule has 1 unspecified atom stereocenters. The van der Waals surface area contributed by atoms with Crippen molar-refractivity contribution in [2.45, 2.75) is 64.0 Å². The Labute approximate surface area is 219 Å². The molecule has 1 aliphatic rings.